The summed E-state index contributed by atoms with van der Waals surface area (Å²) in [6.45, 7) is 7.50. The van der Waals surface area contributed by atoms with Gasteiger partial charge in [0.1, 0.15) is 5.60 Å². The van der Waals surface area contributed by atoms with Gasteiger partial charge in [-0.2, -0.15) is 0 Å². The summed E-state index contributed by atoms with van der Waals surface area (Å²) in [4.78, 5) is 15.0. The molecule has 22 heavy (non-hydrogen) atoms. The Kier molecular flexibility index (Phi) is 7.52. The van der Waals surface area contributed by atoms with E-state index in [4.69, 9.17) is 10.3 Å². The van der Waals surface area contributed by atoms with Crippen molar-refractivity contribution in [3.63, 3.8) is 0 Å². The highest BCUT2D eigenvalue weighted by atomic mass is 16.6. The molecule has 1 saturated carbocycles. The van der Waals surface area contributed by atoms with Gasteiger partial charge in [-0.3, -0.25) is 0 Å². The van der Waals surface area contributed by atoms with Crippen LogP contribution in [0.1, 0.15) is 72.6 Å². The molecular weight excluding hydrogens is 280 g/mol. The third-order valence-electron chi connectivity index (χ3n) is 4.10. The molecule has 1 fully saturated rings. The van der Waals surface area contributed by atoms with Crippen LogP contribution in [0.25, 0.3) is 10.4 Å². The maximum absolute atomic E-state index is 12.1. The van der Waals surface area contributed by atoms with Crippen molar-refractivity contribution < 1.29 is 9.53 Å². The molecular formula is C16H30N4O2. The normalized spacial score (nSPS) is 18.9. The highest BCUT2D eigenvalue weighted by Gasteiger charge is 2.27. The average Bonchev–Trinajstić information content (AvgIpc) is 2.43. The number of nitrogens with zero attached hydrogens (tertiary/aromatic N) is 3. The van der Waals surface area contributed by atoms with E-state index in [2.05, 4.69) is 15.3 Å². The van der Waals surface area contributed by atoms with Crippen LogP contribution in [0.5, 0.6) is 0 Å². The molecule has 1 rings (SSSR count). The van der Waals surface area contributed by atoms with Crippen LogP contribution in [0.4, 0.5) is 4.79 Å². The number of amides is 1. The van der Waals surface area contributed by atoms with Gasteiger partial charge in [-0.05, 0) is 45.1 Å². The third kappa shape index (κ3) is 7.03. The van der Waals surface area contributed by atoms with Crippen molar-refractivity contribution >= 4 is 6.09 Å². The second kappa shape index (κ2) is 8.89. The van der Waals surface area contributed by atoms with Crippen LogP contribution in [0.15, 0.2) is 5.11 Å². The van der Waals surface area contributed by atoms with Crippen LogP contribution in [-0.4, -0.2) is 23.8 Å². The Hall–Kier alpha value is -1.42. The Labute approximate surface area is 133 Å². The predicted octanol–water partition coefficient (Wildman–Crippen LogP) is 4.94. The van der Waals surface area contributed by atoms with Gasteiger partial charge in [0, 0.05) is 11.0 Å². The van der Waals surface area contributed by atoms with Gasteiger partial charge in [-0.25, -0.2) is 4.79 Å². The maximum atomic E-state index is 12.1. The molecule has 0 aliphatic heterocycles. The molecule has 0 aromatic carbocycles. The Morgan fingerprint density at radius 2 is 2.00 bits per heavy atom. The Morgan fingerprint density at radius 3 is 2.50 bits per heavy atom. The molecule has 1 aliphatic rings. The van der Waals surface area contributed by atoms with E-state index in [0.717, 1.165) is 6.42 Å². The minimum Gasteiger partial charge on any atom is -0.444 e. The van der Waals surface area contributed by atoms with Gasteiger partial charge < -0.3 is 10.1 Å². The summed E-state index contributed by atoms with van der Waals surface area (Å²) in [6.07, 6.45) is 7.32. The number of carbonyl (C=O) groups excluding carboxylic acids is 1. The molecule has 2 unspecified atom stereocenters. The number of hydrogen-bond acceptors (Lipinski definition) is 3. The zero-order valence-corrected chi connectivity index (χ0v) is 14.3. The number of carbonyl (C=O) groups is 1. The van der Waals surface area contributed by atoms with Crippen molar-refractivity contribution in [3.8, 4) is 0 Å². The molecule has 2 atom stereocenters. The lowest BCUT2D eigenvalue weighted by Crippen LogP contribution is -2.45. The minimum atomic E-state index is -0.528. The summed E-state index contributed by atoms with van der Waals surface area (Å²) in [5, 5.41) is 6.80. The predicted molar refractivity (Wildman–Crippen MR) is 87.6 cm³/mol. The fourth-order valence-electron chi connectivity index (χ4n) is 3.07. The van der Waals surface area contributed by atoms with Crippen molar-refractivity contribution in [1.82, 2.24) is 5.32 Å². The lowest BCUT2D eigenvalue weighted by molar-refractivity contribution is 0.0485. The molecule has 1 amide bonds. The molecule has 0 spiro atoms. The SMILES string of the molecule is CCC(N=[N+]=[N-])C(CC1CCCCC1)NC(=O)OC(C)(C)C. The van der Waals surface area contributed by atoms with Gasteiger partial charge >= 0.3 is 6.09 Å². The van der Waals surface area contributed by atoms with Crippen LogP contribution >= 0.6 is 0 Å². The topological polar surface area (TPSA) is 87.1 Å². The molecule has 0 aromatic rings. The van der Waals surface area contributed by atoms with Crippen molar-refractivity contribution in [3.05, 3.63) is 10.4 Å². The van der Waals surface area contributed by atoms with Gasteiger partial charge in [0.2, 0.25) is 0 Å². The second-order valence-electron chi connectivity index (χ2n) is 7.17. The molecule has 6 nitrogen and oxygen atoms in total. The first kappa shape index (κ1) is 18.6. The van der Waals surface area contributed by atoms with Crippen LogP contribution < -0.4 is 5.32 Å². The lowest BCUT2D eigenvalue weighted by atomic mass is 9.83. The Balaban J connectivity index is 2.71. The first-order valence-electron chi connectivity index (χ1n) is 8.39. The van der Waals surface area contributed by atoms with Crippen molar-refractivity contribution in [2.45, 2.75) is 90.3 Å². The van der Waals surface area contributed by atoms with Crippen molar-refractivity contribution in [1.29, 1.82) is 0 Å². The summed E-state index contributed by atoms with van der Waals surface area (Å²) in [5.74, 6) is 0.594. The van der Waals surface area contributed by atoms with E-state index in [-0.39, 0.29) is 12.1 Å². The zero-order valence-electron chi connectivity index (χ0n) is 14.3. The lowest BCUT2D eigenvalue weighted by Gasteiger charge is -2.31. The highest BCUT2D eigenvalue weighted by Crippen LogP contribution is 2.29. The molecule has 0 heterocycles. The quantitative estimate of drug-likeness (QED) is 0.428. The van der Waals surface area contributed by atoms with Crippen molar-refractivity contribution in [2.24, 2.45) is 11.0 Å². The number of rotatable bonds is 6. The van der Waals surface area contributed by atoms with E-state index < -0.39 is 11.7 Å². The summed E-state index contributed by atoms with van der Waals surface area (Å²) in [6, 6.07) is -0.377. The zero-order chi connectivity index (χ0) is 16.6. The number of alkyl carbamates (subject to hydrolysis) is 1. The van der Waals surface area contributed by atoms with E-state index in [9.17, 15) is 4.79 Å². The Bertz CT molecular complexity index is 393. The monoisotopic (exact) mass is 310 g/mol. The molecule has 1 aliphatic carbocycles. The molecule has 1 N–H and O–H groups in total. The summed E-state index contributed by atoms with van der Waals surface area (Å²) < 4.78 is 5.35. The first-order valence-corrected chi connectivity index (χ1v) is 8.39. The summed E-state index contributed by atoms with van der Waals surface area (Å²) in [5.41, 5.74) is 8.23. The molecule has 126 valence electrons. The highest BCUT2D eigenvalue weighted by molar-refractivity contribution is 5.68. The van der Waals surface area contributed by atoms with Crippen LogP contribution in [0, 0.1) is 5.92 Å². The van der Waals surface area contributed by atoms with Crippen LogP contribution in [0.2, 0.25) is 0 Å². The average molecular weight is 310 g/mol. The minimum absolute atomic E-state index is 0.154. The van der Waals surface area contributed by atoms with Crippen LogP contribution in [0.3, 0.4) is 0 Å². The van der Waals surface area contributed by atoms with Gasteiger partial charge in [0.15, 0.2) is 0 Å². The number of ether oxygens (including phenoxy) is 1. The van der Waals surface area contributed by atoms with Crippen molar-refractivity contribution in [2.75, 3.05) is 0 Å². The smallest absolute Gasteiger partial charge is 0.407 e. The maximum Gasteiger partial charge on any atom is 0.407 e. The number of nitrogens with one attached hydrogen (secondary N) is 1. The van der Waals surface area contributed by atoms with E-state index in [1.165, 1.54) is 32.1 Å². The standard InChI is InChI=1S/C16H30N4O2/c1-5-13(19-20-17)14(11-12-9-7-6-8-10-12)18-15(21)22-16(2,3)4/h12-14H,5-11H2,1-4H3,(H,18,21). The molecule has 0 bridgehead atoms. The fraction of sp³-hybridized carbons (Fsp3) is 0.938. The fourth-order valence-corrected chi connectivity index (χ4v) is 3.07. The molecule has 0 saturated heterocycles. The van der Waals surface area contributed by atoms with E-state index in [0.29, 0.717) is 12.3 Å². The second-order valence-corrected chi connectivity index (χ2v) is 7.17. The van der Waals surface area contributed by atoms with Gasteiger partial charge in [-0.15, -0.1) is 0 Å². The number of azide groups is 1. The van der Waals surface area contributed by atoms with E-state index in [1.54, 1.807) is 0 Å². The number of hydrogen-bond donors (Lipinski definition) is 1. The summed E-state index contributed by atoms with van der Waals surface area (Å²) >= 11 is 0. The van der Waals surface area contributed by atoms with Gasteiger partial charge in [0.05, 0.1) is 6.04 Å². The van der Waals surface area contributed by atoms with E-state index >= 15 is 0 Å². The third-order valence-corrected chi connectivity index (χ3v) is 4.10. The molecule has 6 heteroatoms. The molecule has 0 aromatic heterocycles. The van der Waals surface area contributed by atoms with E-state index in [1.807, 2.05) is 27.7 Å². The summed E-state index contributed by atoms with van der Waals surface area (Å²) in [7, 11) is 0. The van der Waals surface area contributed by atoms with Gasteiger partial charge in [0.25, 0.3) is 0 Å². The van der Waals surface area contributed by atoms with Gasteiger partial charge in [-0.1, -0.05) is 44.1 Å². The Morgan fingerprint density at radius 1 is 1.36 bits per heavy atom. The largest absolute Gasteiger partial charge is 0.444 e. The molecule has 0 radical (unpaired) electrons. The first-order chi connectivity index (χ1) is 10.4. The van der Waals surface area contributed by atoms with Crippen LogP contribution in [-0.2, 0) is 4.74 Å².